The van der Waals surface area contributed by atoms with Crippen molar-refractivity contribution >= 4 is 23.4 Å². The van der Waals surface area contributed by atoms with Crippen LogP contribution in [0.25, 0.3) is 0 Å². The molecule has 6 heteroatoms. The van der Waals surface area contributed by atoms with Crippen LogP contribution in [-0.2, 0) is 16.0 Å². The molecule has 1 spiro atoms. The molecule has 2 saturated heterocycles. The van der Waals surface area contributed by atoms with Crippen molar-refractivity contribution in [1.82, 2.24) is 15.1 Å². The molecule has 4 rings (SSSR count). The first-order valence-electron chi connectivity index (χ1n) is 9.60. The van der Waals surface area contributed by atoms with Crippen molar-refractivity contribution in [2.24, 2.45) is 11.3 Å². The highest BCUT2D eigenvalue weighted by Crippen LogP contribution is 2.59. The van der Waals surface area contributed by atoms with Crippen LogP contribution >= 0.6 is 11.6 Å². The number of carbonyl (C=O) groups excluding carboxylic acids is 2. The van der Waals surface area contributed by atoms with E-state index in [-0.39, 0.29) is 17.2 Å². The number of benzene rings is 1. The monoisotopic (exact) mass is 375 g/mol. The molecule has 3 aliphatic rings. The molecule has 1 N–H and O–H groups in total. The van der Waals surface area contributed by atoms with E-state index in [9.17, 15) is 9.59 Å². The van der Waals surface area contributed by atoms with E-state index in [1.807, 2.05) is 34.1 Å². The number of halogens is 1. The highest BCUT2D eigenvalue weighted by atomic mass is 35.5. The maximum Gasteiger partial charge on any atom is 0.227 e. The summed E-state index contributed by atoms with van der Waals surface area (Å²) in [5, 5.41) is 4.02. The van der Waals surface area contributed by atoms with Crippen molar-refractivity contribution in [3.63, 3.8) is 0 Å². The third kappa shape index (κ3) is 3.47. The predicted molar refractivity (Wildman–Crippen MR) is 101 cm³/mol. The molecule has 0 aromatic heterocycles. The lowest BCUT2D eigenvalue weighted by molar-refractivity contribution is -0.140. The molecule has 2 heterocycles. The normalized spacial score (nSPS) is 24.6. The molecule has 5 nitrogen and oxygen atoms in total. The van der Waals surface area contributed by atoms with Crippen LogP contribution in [0.4, 0.5) is 0 Å². The van der Waals surface area contributed by atoms with Crippen LogP contribution in [0.1, 0.15) is 24.8 Å². The first kappa shape index (κ1) is 17.8. The van der Waals surface area contributed by atoms with Gasteiger partial charge in [-0.25, -0.2) is 0 Å². The minimum absolute atomic E-state index is 0.0893. The number of nitrogens with one attached hydrogen (secondary N) is 1. The number of nitrogens with zero attached hydrogens (tertiary/aromatic N) is 2. The summed E-state index contributed by atoms with van der Waals surface area (Å²) in [4.78, 5) is 29.2. The summed E-state index contributed by atoms with van der Waals surface area (Å²) in [5.41, 5.74) is 1.14. The molecule has 140 valence electrons. The van der Waals surface area contributed by atoms with Crippen LogP contribution in [-0.4, -0.2) is 60.9 Å². The molecule has 3 fully saturated rings. The average Bonchev–Trinajstić information content (AvgIpc) is 3.36. The number of hydrogen-bond acceptors (Lipinski definition) is 3. The molecular formula is C20H26ClN3O2. The smallest absolute Gasteiger partial charge is 0.227 e. The summed E-state index contributed by atoms with van der Waals surface area (Å²) >= 11 is 6.16. The quantitative estimate of drug-likeness (QED) is 0.878. The van der Waals surface area contributed by atoms with E-state index in [1.54, 1.807) is 0 Å². The topological polar surface area (TPSA) is 52.7 Å². The SMILES string of the molecule is O=C(Cc1ccccc1Cl)N1CCN(C(=O)C2CC23CCNCC3)CC1. The van der Waals surface area contributed by atoms with Crippen LogP contribution in [0, 0.1) is 11.3 Å². The summed E-state index contributed by atoms with van der Waals surface area (Å²) in [7, 11) is 0. The highest BCUT2D eigenvalue weighted by Gasteiger charge is 2.58. The number of rotatable bonds is 3. The zero-order valence-electron chi connectivity index (χ0n) is 15.0. The van der Waals surface area contributed by atoms with Gasteiger partial charge in [0.05, 0.1) is 6.42 Å². The van der Waals surface area contributed by atoms with Crippen LogP contribution < -0.4 is 5.32 Å². The molecule has 1 aliphatic carbocycles. The molecule has 1 aromatic rings. The Morgan fingerprint density at radius 3 is 2.42 bits per heavy atom. The van der Waals surface area contributed by atoms with Gasteiger partial charge in [0.2, 0.25) is 11.8 Å². The Morgan fingerprint density at radius 2 is 1.73 bits per heavy atom. The van der Waals surface area contributed by atoms with Crippen LogP contribution in [0.3, 0.4) is 0 Å². The lowest BCUT2D eigenvalue weighted by atomic mass is 9.91. The van der Waals surface area contributed by atoms with E-state index >= 15 is 0 Å². The van der Waals surface area contributed by atoms with Gasteiger partial charge in [0.25, 0.3) is 0 Å². The largest absolute Gasteiger partial charge is 0.339 e. The Bertz CT molecular complexity index is 694. The van der Waals surface area contributed by atoms with Crippen molar-refractivity contribution in [3.8, 4) is 0 Å². The van der Waals surface area contributed by atoms with Crippen molar-refractivity contribution in [2.45, 2.75) is 25.7 Å². The molecule has 1 unspecified atom stereocenters. The van der Waals surface area contributed by atoms with E-state index in [4.69, 9.17) is 11.6 Å². The van der Waals surface area contributed by atoms with Gasteiger partial charge >= 0.3 is 0 Å². The molecule has 1 aromatic carbocycles. The molecule has 1 saturated carbocycles. The van der Waals surface area contributed by atoms with Gasteiger partial charge < -0.3 is 15.1 Å². The number of hydrogen-bond donors (Lipinski definition) is 1. The van der Waals surface area contributed by atoms with E-state index in [0.29, 0.717) is 43.5 Å². The van der Waals surface area contributed by atoms with Gasteiger partial charge in [-0.1, -0.05) is 29.8 Å². The van der Waals surface area contributed by atoms with Gasteiger partial charge in [-0.2, -0.15) is 0 Å². The maximum absolute atomic E-state index is 12.8. The van der Waals surface area contributed by atoms with E-state index < -0.39 is 0 Å². The fourth-order valence-electron chi connectivity index (χ4n) is 4.49. The summed E-state index contributed by atoms with van der Waals surface area (Å²) in [6.45, 7) is 4.62. The standard InChI is InChI=1S/C20H26ClN3O2/c21-17-4-2-1-3-15(17)13-18(25)23-9-11-24(12-10-23)19(26)16-14-20(16)5-7-22-8-6-20/h1-4,16,22H,5-14H2. The summed E-state index contributed by atoms with van der Waals surface area (Å²) in [6, 6.07) is 7.48. The number of carbonyl (C=O) groups is 2. The Balaban J connectivity index is 1.28. The van der Waals surface area contributed by atoms with Gasteiger partial charge in [0.1, 0.15) is 0 Å². The highest BCUT2D eigenvalue weighted by molar-refractivity contribution is 6.31. The van der Waals surface area contributed by atoms with E-state index in [1.165, 1.54) is 0 Å². The lowest BCUT2D eigenvalue weighted by Crippen LogP contribution is -2.51. The Hall–Kier alpha value is -1.59. The van der Waals surface area contributed by atoms with Gasteiger partial charge in [-0.3, -0.25) is 9.59 Å². The number of piperidine rings is 1. The third-order valence-corrected chi connectivity index (χ3v) is 6.70. The van der Waals surface area contributed by atoms with Crippen molar-refractivity contribution in [2.75, 3.05) is 39.3 Å². The van der Waals surface area contributed by atoms with E-state index in [0.717, 1.165) is 37.9 Å². The molecule has 2 amide bonds. The Labute approximate surface area is 159 Å². The zero-order chi connectivity index (χ0) is 18.1. The van der Waals surface area contributed by atoms with E-state index in [2.05, 4.69) is 5.32 Å². The fourth-order valence-corrected chi connectivity index (χ4v) is 4.69. The summed E-state index contributed by atoms with van der Waals surface area (Å²) in [5.74, 6) is 0.617. The lowest BCUT2D eigenvalue weighted by Gasteiger charge is -2.35. The molecule has 0 bridgehead atoms. The molecule has 2 aliphatic heterocycles. The van der Waals surface area contributed by atoms with Crippen molar-refractivity contribution < 1.29 is 9.59 Å². The first-order valence-corrected chi connectivity index (χ1v) is 9.98. The molecule has 26 heavy (non-hydrogen) atoms. The molecule has 0 radical (unpaired) electrons. The zero-order valence-corrected chi connectivity index (χ0v) is 15.8. The Morgan fingerprint density at radius 1 is 1.08 bits per heavy atom. The molecule has 1 atom stereocenters. The van der Waals surface area contributed by atoms with Crippen LogP contribution in [0.5, 0.6) is 0 Å². The van der Waals surface area contributed by atoms with Crippen molar-refractivity contribution in [3.05, 3.63) is 34.9 Å². The van der Waals surface area contributed by atoms with Gasteiger partial charge in [0, 0.05) is 37.1 Å². The van der Waals surface area contributed by atoms with Gasteiger partial charge in [-0.15, -0.1) is 0 Å². The second kappa shape index (κ2) is 7.20. The van der Waals surface area contributed by atoms with Gasteiger partial charge in [-0.05, 0) is 49.4 Å². The summed E-state index contributed by atoms with van der Waals surface area (Å²) in [6.07, 6.45) is 3.63. The minimum Gasteiger partial charge on any atom is -0.339 e. The fraction of sp³-hybridized carbons (Fsp3) is 0.600. The Kier molecular flexibility index (Phi) is 4.93. The van der Waals surface area contributed by atoms with Crippen LogP contribution in [0.15, 0.2) is 24.3 Å². The molecular weight excluding hydrogens is 350 g/mol. The summed E-state index contributed by atoms with van der Waals surface area (Å²) < 4.78 is 0. The number of amides is 2. The second-order valence-electron chi connectivity index (χ2n) is 7.84. The second-order valence-corrected chi connectivity index (χ2v) is 8.25. The third-order valence-electron chi connectivity index (χ3n) is 6.33. The predicted octanol–water partition coefficient (Wildman–Crippen LogP) is 1.94. The van der Waals surface area contributed by atoms with Gasteiger partial charge in [0.15, 0.2) is 0 Å². The first-order chi connectivity index (χ1) is 12.6. The minimum atomic E-state index is 0.0893. The van der Waals surface area contributed by atoms with Crippen molar-refractivity contribution in [1.29, 1.82) is 0 Å². The maximum atomic E-state index is 12.8. The van der Waals surface area contributed by atoms with Crippen LogP contribution in [0.2, 0.25) is 5.02 Å². The average molecular weight is 376 g/mol. The number of piperazine rings is 1.